The van der Waals surface area contributed by atoms with Crippen molar-refractivity contribution in [1.29, 1.82) is 0 Å². The molecule has 2 atom stereocenters. The summed E-state index contributed by atoms with van der Waals surface area (Å²) in [4.78, 5) is 23.4. The van der Waals surface area contributed by atoms with Crippen LogP contribution in [0.25, 0.3) is 0 Å². The van der Waals surface area contributed by atoms with Gasteiger partial charge in [0.25, 0.3) is 5.91 Å². The van der Waals surface area contributed by atoms with Crippen molar-refractivity contribution >= 4 is 5.91 Å². The number of likely N-dealkylation sites (tertiary alicyclic amines) is 1. The summed E-state index contributed by atoms with van der Waals surface area (Å²) in [6, 6.07) is 9.29. The smallest absolute Gasteiger partial charge is 0.267 e. The normalized spacial score (nSPS) is 22.0. The number of ether oxygens (including phenoxy) is 3. The summed E-state index contributed by atoms with van der Waals surface area (Å²) in [7, 11) is 0. The second-order valence-electron chi connectivity index (χ2n) is 7.35. The van der Waals surface area contributed by atoms with Crippen LogP contribution in [-0.2, 0) is 4.79 Å². The molecule has 0 saturated carbocycles. The highest BCUT2D eigenvalue weighted by Gasteiger charge is 2.38. The Bertz CT molecular complexity index is 844. The van der Waals surface area contributed by atoms with Gasteiger partial charge in [0.2, 0.25) is 12.0 Å². The molecule has 0 radical (unpaired) electrons. The highest BCUT2D eigenvalue weighted by molar-refractivity contribution is 5.82. The Kier molecular flexibility index (Phi) is 5.07. The van der Waals surface area contributed by atoms with Gasteiger partial charge in [-0.25, -0.2) is 4.98 Å². The maximum Gasteiger partial charge on any atom is 0.267 e. The zero-order chi connectivity index (χ0) is 19.7. The van der Waals surface area contributed by atoms with Crippen molar-refractivity contribution in [2.45, 2.75) is 51.9 Å². The van der Waals surface area contributed by atoms with E-state index in [0.29, 0.717) is 36.3 Å². The molecule has 1 aromatic heterocycles. The maximum absolute atomic E-state index is 13.0. The Labute approximate surface area is 164 Å². The molecule has 0 bridgehead atoms. The third-order valence-corrected chi connectivity index (χ3v) is 5.07. The second-order valence-corrected chi connectivity index (χ2v) is 7.35. The molecule has 2 aromatic rings. The molecule has 7 heteroatoms. The van der Waals surface area contributed by atoms with Crippen LogP contribution in [0.1, 0.15) is 31.3 Å². The van der Waals surface area contributed by atoms with E-state index in [1.807, 2.05) is 56.0 Å². The Hall–Kier alpha value is -2.83. The number of rotatable bonds is 3. The van der Waals surface area contributed by atoms with Crippen LogP contribution >= 0.6 is 0 Å². The second kappa shape index (κ2) is 7.66. The van der Waals surface area contributed by atoms with Gasteiger partial charge in [-0.2, -0.15) is 4.98 Å². The molecule has 2 unspecified atom stereocenters. The van der Waals surface area contributed by atoms with E-state index in [2.05, 4.69) is 9.97 Å². The molecular weight excluding hydrogens is 358 g/mol. The molecule has 0 spiro atoms. The fourth-order valence-electron chi connectivity index (χ4n) is 3.68. The summed E-state index contributed by atoms with van der Waals surface area (Å²) >= 11 is 0. The minimum absolute atomic E-state index is 0.0332. The van der Waals surface area contributed by atoms with E-state index in [0.717, 1.165) is 18.5 Å². The predicted octanol–water partition coefficient (Wildman–Crippen LogP) is 2.69. The van der Waals surface area contributed by atoms with Crippen molar-refractivity contribution in [3.8, 4) is 17.4 Å². The molecule has 1 amide bonds. The monoisotopic (exact) mass is 383 g/mol. The number of nitrogens with zero attached hydrogens (tertiary/aromatic N) is 3. The Morgan fingerprint density at radius 2 is 1.79 bits per heavy atom. The van der Waals surface area contributed by atoms with Crippen molar-refractivity contribution in [1.82, 2.24) is 14.9 Å². The SMILES string of the molecule is Cc1cc(OC2CCN(C(=O)C3Oc4ccccc4OC3C)CC2)nc(C)n1. The lowest BCUT2D eigenvalue weighted by Crippen LogP contribution is -2.53. The average molecular weight is 383 g/mol. The lowest BCUT2D eigenvalue weighted by atomic mass is 10.1. The van der Waals surface area contributed by atoms with Gasteiger partial charge < -0.3 is 19.1 Å². The molecule has 148 valence electrons. The number of hydrogen-bond acceptors (Lipinski definition) is 6. The molecular formula is C21H25N3O4. The number of hydrogen-bond donors (Lipinski definition) is 0. The zero-order valence-electron chi connectivity index (χ0n) is 16.4. The predicted molar refractivity (Wildman–Crippen MR) is 103 cm³/mol. The summed E-state index contributed by atoms with van der Waals surface area (Å²) < 4.78 is 17.8. The molecule has 4 rings (SSSR count). The molecule has 3 heterocycles. The topological polar surface area (TPSA) is 73.8 Å². The van der Waals surface area contributed by atoms with Crippen LogP contribution < -0.4 is 14.2 Å². The quantitative estimate of drug-likeness (QED) is 0.811. The largest absolute Gasteiger partial charge is 0.482 e. The summed E-state index contributed by atoms with van der Waals surface area (Å²) in [6.07, 6.45) is 0.598. The van der Waals surface area contributed by atoms with Gasteiger partial charge in [-0.1, -0.05) is 12.1 Å². The van der Waals surface area contributed by atoms with Gasteiger partial charge >= 0.3 is 0 Å². The van der Waals surface area contributed by atoms with Gasteiger partial charge in [0.05, 0.1) is 0 Å². The highest BCUT2D eigenvalue weighted by Crippen LogP contribution is 2.34. The van der Waals surface area contributed by atoms with Gasteiger partial charge in [0.15, 0.2) is 11.5 Å². The first-order valence-electron chi connectivity index (χ1n) is 9.69. The summed E-state index contributed by atoms with van der Waals surface area (Å²) in [5.74, 6) is 2.57. The fraction of sp³-hybridized carbons (Fsp3) is 0.476. The van der Waals surface area contributed by atoms with Gasteiger partial charge in [0.1, 0.15) is 18.0 Å². The maximum atomic E-state index is 13.0. The number of aryl methyl sites for hydroxylation is 2. The average Bonchev–Trinajstić information content (AvgIpc) is 2.67. The Morgan fingerprint density at radius 1 is 1.11 bits per heavy atom. The van der Waals surface area contributed by atoms with E-state index in [1.54, 1.807) is 0 Å². The molecule has 0 aliphatic carbocycles. The summed E-state index contributed by atoms with van der Waals surface area (Å²) in [5, 5.41) is 0. The third-order valence-electron chi connectivity index (χ3n) is 5.07. The molecule has 1 fully saturated rings. The minimum Gasteiger partial charge on any atom is -0.482 e. The zero-order valence-corrected chi connectivity index (χ0v) is 16.4. The van der Waals surface area contributed by atoms with Crippen LogP contribution in [0.15, 0.2) is 30.3 Å². The molecule has 1 aromatic carbocycles. The minimum atomic E-state index is -0.625. The molecule has 1 saturated heterocycles. The number of benzene rings is 1. The van der Waals surface area contributed by atoms with Crippen LogP contribution in [0, 0.1) is 13.8 Å². The third kappa shape index (κ3) is 3.88. The van der Waals surface area contributed by atoms with Gasteiger partial charge in [-0.05, 0) is 32.9 Å². The number of carbonyl (C=O) groups is 1. The van der Waals surface area contributed by atoms with Crippen molar-refractivity contribution in [2.75, 3.05) is 13.1 Å². The number of carbonyl (C=O) groups excluding carboxylic acids is 1. The number of para-hydroxylation sites is 2. The number of piperidine rings is 1. The molecule has 28 heavy (non-hydrogen) atoms. The Balaban J connectivity index is 1.35. The van der Waals surface area contributed by atoms with E-state index < -0.39 is 6.10 Å². The van der Waals surface area contributed by atoms with Crippen molar-refractivity contribution < 1.29 is 19.0 Å². The number of amides is 1. The summed E-state index contributed by atoms with van der Waals surface area (Å²) in [6.45, 7) is 6.90. The van der Waals surface area contributed by atoms with Crippen molar-refractivity contribution in [2.24, 2.45) is 0 Å². The fourth-order valence-corrected chi connectivity index (χ4v) is 3.68. The standard InChI is InChI=1S/C21H25N3O4/c1-13-12-19(23-15(3)22-13)27-16-8-10-24(11-9-16)21(25)20-14(2)26-17-6-4-5-7-18(17)28-20/h4-7,12,14,16,20H,8-11H2,1-3H3. The molecule has 0 N–H and O–H groups in total. The van der Waals surface area contributed by atoms with Gasteiger partial charge in [-0.3, -0.25) is 4.79 Å². The van der Waals surface area contributed by atoms with Crippen LogP contribution in [0.4, 0.5) is 0 Å². The van der Waals surface area contributed by atoms with E-state index in [9.17, 15) is 4.79 Å². The van der Waals surface area contributed by atoms with E-state index >= 15 is 0 Å². The van der Waals surface area contributed by atoms with Crippen LogP contribution in [-0.4, -0.2) is 52.2 Å². The van der Waals surface area contributed by atoms with Crippen molar-refractivity contribution in [3.05, 3.63) is 41.9 Å². The lowest BCUT2D eigenvalue weighted by Gasteiger charge is -2.37. The van der Waals surface area contributed by atoms with Gasteiger partial charge in [0, 0.05) is 37.7 Å². The van der Waals surface area contributed by atoms with Crippen LogP contribution in [0.5, 0.6) is 17.4 Å². The molecule has 2 aliphatic heterocycles. The van der Waals surface area contributed by atoms with E-state index in [1.165, 1.54) is 0 Å². The molecule has 7 nitrogen and oxygen atoms in total. The Morgan fingerprint density at radius 3 is 2.46 bits per heavy atom. The van der Waals surface area contributed by atoms with Crippen LogP contribution in [0.2, 0.25) is 0 Å². The summed E-state index contributed by atoms with van der Waals surface area (Å²) in [5.41, 5.74) is 0.888. The first-order valence-corrected chi connectivity index (χ1v) is 9.69. The van der Waals surface area contributed by atoms with Crippen LogP contribution in [0.3, 0.4) is 0 Å². The van der Waals surface area contributed by atoms with Crippen molar-refractivity contribution in [3.63, 3.8) is 0 Å². The lowest BCUT2D eigenvalue weighted by molar-refractivity contribution is -0.146. The van der Waals surface area contributed by atoms with Gasteiger partial charge in [-0.15, -0.1) is 0 Å². The van der Waals surface area contributed by atoms with E-state index in [-0.39, 0.29) is 18.1 Å². The molecule has 2 aliphatic rings. The number of fused-ring (bicyclic) bond motifs is 1. The first kappa shape index (κ1) is 18.5. The highest BCUT2D eigenvalue weighted by atomic mass is 16.6. The van der Waals surface area contributed by atoms with E-state index in [4.69, 9.17) is 14.2 Å². The number of aromatic nitrogens is 2. The first-order chi connectivity index (χ1) is 13.5.